The number of hydrogen-bond acceptors (Lipinski definition) is 3. The Labute approximate surface area is 167 Å². The number of aliphatic hydroxyl groups excluding tert-OH is 1. The fourth-order valence-electron chi connectivity index (χ4n) is 2.46. The Morgan fingerprint density at radius 2 is 1.81 bits per heavy atom. The first-order valence-corrected chi connectivity index (χ1v) is 9.59. The zero-order chi connectivity index (χ0) is 18.7. The molecule has 0 bridgehead atoms. The maximum Gasteiger partial charge on any atom is 0.289 e. The van der Waals surface area contributed by atoms with Crippen molar-refractivity contribution in [3.05, 3.63) is 81.3 Å². The molecule has 0 aliphatic heterocycles. The van der Waals surface area contributed by atoms with E-state index in [-0.39, 0.29) is 5.76 Å². The van der Waals surface area contributed by atoms with Crippen LogP contribution in [0.1, 0.15) is 16.0 Å². The highest BCUT2D eigenvalue weighted by Gasteiger charge is 2.25. The maximum absolute atomic E-state index is 10.9. The third-order valence-corrected chi connectivity index (χ3v) is 5.30. The Hall–Kier alpha value is -2.21. The van der Waals surface area contributed by atoms with E-state index in [1.165, 1.54) is 16.9 Å². The lowest BCUT2D eigenvalue weighted by molar-refractivity contribution is -0.576. The number of thiocarbonyl (C=S) groups is 1. The molecule has 6 heteroatoms. The summed E-state index contributed by atoms with van der Waals surface area (Å²) in [5, 5.41) is 14.1. The summed E-state index contributed by atoms with van der Waals surface area (Å²) in [7, 11) is 0. The number of hydrogen-bond donors (Lipinski definition) is 2. The third kappa shape index (κ3) is 4.30. The summed E-state index contributed by atoms with van der Waals surface area (Å²) in [5.74, 6) is 0.0853. The summed E-state index contributed by atoms with van der Waals surface area (Å²) in [6.45, 7) is 4.02. The maximum atomic E-state index is 10.9. The molecular formula is C20H18ClN2OS2+. The zero-order valence-corrected chi connectivity index (χ0v) is 16.8. The van der Waals surface area contributed by atoms with Crippen LogP contribution >= 0.6 is 35.2 Å². The smallest absolute Gasteiger partial charge is 0.289 e. The van der Waals surface area contributed by atoms with Crippen LogP contribution in [0.4, 0.5) is 5.69 Å². The van der Waals surface area contributed by atoms with Crippen molar-refractivity contribution in [3.63, 3.8) is 0 Å². The number of halogens is 1. The molecule has 1 aromatic carbocycles. The van der Waals surface area contributed by atoms with Crippen LogP contribution in [0.5, 0.6) is 0 Å². The van der Waals surface area contributed by atoms with Crippen molar-refractivity contribution in [2.24, 2.45) is 0 Å². The van der Waals surface area contributed by atoms with Crippen molar-refractivity contribution in [1.82, 2.24) is 0 Å². The normalized spacial score (nSPS) is 11.8. The number of rotatable bonds is 4. The number of aryl methyl sites for hydroxylation is 2. The van der Waals surface area contributed by atoms with Crippen LogP contribution in [-0.4, -0.2) is 10.1 Å². The molecule has 0 saturated heterocycles. The molecule has 0 saturated carbocycles. The first-order valence-electron chi connectivity index (χ1n) is 7.99. The van der Waals surface area contributed by atoms with Crippen molar-refractivity contribution in [1.29, 1.82) is 0 Å². The van der Waals surface area contributed by atoms with Gasteiger partial charge in [0.1, 0.15) is 0 Å². The van der Waals surface area contributed by atoms with Crippen LogP contribution in [-0.2, 0) is 0 Å². The molecule has 2 N–H and O–H groups in total. The second kappa shape index (κ2) is 7.99. The Balaban J connectivity index is 2.05. The molecule has 3 nitrogen and oxygen atoms in total. The average Bonchev–Trinajstić information content (AvgIpc) is 3.04. The van der Waals surface area contributed by atoms with Gasteiger partial charge in [-0.1, -0.05) is 41.5 Å². The Morgan fingerprint density at radius 3 is 2.42 bits per heavy atom. The molecule has 26 heavy (non-hydrogen) atoms. The third-order valence-electron chi connectivity index (χ3n) is 3.76. The summed E-state index contributed by atoms with van der Waals surface area (Å²) in [4.78, 5) is 1.08. The number of benzene rings is 1. The molecule has 0 atom stereocenters. The van der Waals surface area contributed by atoms with E-state index >= 15 is 0 Å². The van der Waals surface area contributed by atoms with Gasteiger partial charge in [0.25, 0.3) is 5.70 Å². The van der Waals surface area contributed by atoms with Crippen molar-refractivity contribution < 1.29 is 9.67 Å². The molecule has 0 aliphatic carbocycles. The van der Waals surface area contributed by atoms with Crippen molar-refractivity contribution in [2.75, 3.05) is 5.32 Å². The van der Waals surface area contributed by atoms with E-state index in [1.807, 2.05) is 67.2 Å². The second-order valence-electron chi connectivity index (χ2n) is 5.91. The molecule has 3 rings (SSSR count). The van der Waals surface area contributed by atoms with Gasteiger partial charge in [-0.3, -0.25) is 0 Å². The average molecular weight is 402 g/mol. The highest BCUT2D eigenvalue weighted by molar-refractivity contribution is 7.81. The van der Waals surface area contributed by atoms with Gasteiger partial charge in [-0.15, -0.1) is 11.3 Å². The molecule has 0 unspecified atom stereocenters. The largest absolute Gasteiger partial charge is 0.501 e. The molecule has 0 aliphatic rings. The molecule has 2 heterocycles. The molecule has 0 fully saturated rings. The second-order valence-corrected chi connectivity index (χ2v) is 8.03. The quantitative estimate of drug-likeness (QED) is 0.257. The van der Waals surface area contributed by atoms with Gasteiger partial charge >= 0.3 is 0 Å². The van der Waals surface area contributed by atoms with Crippen LogP contribution in [0.25, 0.3) is 11.5 Å². The van der Waals surface area contributed by atoms with E-state index in [0.29, 0.717) is 19.9 Å². The van der Waals surface area contributed by atoms with E-state index in [1.54, 1.807) is 12.1 Å². The van der Waals surface area contributed by atoms with E-state index in [9.17, 15) is 5.11 Å². The van der Waals surface area contributed by atoms with Crippen molar-refractivity contribution >= 4 is 57.3 Å². The molecule has 0 radical (unpaired) electrons. The summed E-state index contributed by atoms with van der Waals surface area (Å²) in [6.07, 6.45) is 3.78. The lowest BCUT2D eigenvalue weighted by atomic mass is 10.2. The number of aliphatic hydroxyl groups is 1. The predicted octanol–water partition coefficient (Wildman–Crippen LogP) is 5.63. The summed E-state index contributed by atoms with van der Waals surface area (Å²) in [5.41, 5.74) is 3.59. The van der Waals surface area contributed by atoms with Crippen LogP contribution in [0, 0.1) is 13.8 Å². The first kappa shape index (κ1) is 18.6. The lowest BCUT2D eigenvalue weighted by Gasteiger charge is -2.10. The van der Waals surface area contributed by atoms with Gasteiger partial charge in [0.05, 0.1) is 9.21 Å². The monoisotopic (exact) mass is 401 g/mol. The highest BCUT2D eigenvalue weighted by atomic mass is 35.5. The fourth-order valence-corrected chi connectivity index (χ4v) is 3.77. The lowest BCUT2D eigenvalue weighted by Crippen LogP contribution is -2.38. The molecule has 3 aromatic rings. The number of aromatic nitrogens is 1. The molecular weight excluding hydrogens is 384 g/mol. The summed E-state index contributed by atoms with van der Waals surface area (Å²) < 4.78 is 2.43. The van der Waals surface area contributed by atoms with Gasteiger partial charge in [-0.2, -0.15) is 4.57 Å². The minimum atomic E-state index is 0.0853. The van der Waals surface area contributed by atoms with Crippen LogP contribution in [0.2, 0.25) is 4.34 Å². The summed E-state index contributed by atoms with van der Waals surface area (Å²) >= 11 is 13.0. The van der Waals surface area contributed by atoms with Gasteiger partial charge in [-0.25, -0.2) is 0 Å². The predicted molar refractivity (Wildman–Crippen MR) is 114 cm³/mol. The number of nitrogens with zero attached hydrogens (tertiary/aromatic N) is 1. The van der Waals surface area contributed by atoms with Gasteiger partial charge in [0.15, 0.2) is 17.4 Å². The Kier molecular flexibility index (Phi) is 5.71. The SMILES string of the molecule is Cc1ccc(NC(=S)/C(=C(/O)c2ccc(Cl)s2)[n+]2cccc(C)c2)cc1. The van der Waals surface area contributed by atoms with Gasteiger partial charge in [0.2, 0.25) is 5.76 Å². The van der Waals surface area contributed by atoms with Crippen molar-refractivity contribution in [3.8, 4) is 0 Å². The van der Waals surface area contributed by atoms with Crippen LogP contribution < -0.4 is 9.88 Å². The standard InChI is InChI=1S/C20H17ClN2OS2/c1-13-5-7-15(8-6-13)22-20(25)18(23-11-3-4-14(2)12-23)19(24)16-9-10-17(21)26-16/h3-12H,1-2H3,(H-,22,24,25)/p+1. The number of nitrogens with one attached hydrogen (secondary N) is 1. The fraction of sp³-hybridized carbons (Fsp3) is 0.100. The molecule has 0 spiro atoms. The first-order chi connectivity index (χ1) is 12.4. The number of anilines is 1. The Morgan fingerprint density at radius 1 is 1.08 bits per heavy atom. The number of pyridine rings is 1. The van der Waals surface area contributed by atoms with Crippen molar-refractivity contribution in [2.45, 2.75) is 13.8 Å². The van der Waals surface area contributed by atoms with E-state index in [0.717, 1.165) is 11.3 Å². The topological polar surface area (TPSA) is 36.1 Å². The van der Waals surface area contributed by atoms with Crippen LogP contribution in [0.15, 0.2) is 60.9 Å². The van der Waals surface area contributed by atoms with Gasteiger partial charge < -0.3 is 10.4 Å². The molecule has 2 aromatic heterocycles. The summed E-state index contributed by atoms with van der Waals surface area (Å²) in [6, 6.07) is 15.4. The van der Waals surface area contributed by atoms with Crippen LogP contribution in [0.3, 0.4) is 0 Å². The number of thiophene rings is 1. The van der Waals surface area contributed by atoms with Gasteiger partial charge in [-0.05, 0) is 44.2 Å². The Bertz CT molecular complexity index is 977. The zero-order valence-electron chi connectivity index (χ0n) is 14.4. The minimum absolute atomic E-state index is 0.0853. The van der Waals surface area contributed by atoms with E-state index in [2.05, 4.69) is 5.32 Å². The minimum Gasteiger partial charge on any atom is -0.501 e. The molecule has 0 amide bonds. The molecule has 132 valence electrons. The highest BCUT2D eigenvalue weighted by Crippen LogP contribution is 2.28. The van der Waals surface area contributed by atoms with E-state index in [4.69, 9.17) is 23.8 Å². The van der Waals surface area contributed by atoms with Gasteiger partial charge in [0, 0.05) is 17.3 Å². The van der Waals surface area contributed by atoms with E-state index < -0.39 is 0 Å².